The van der Waals surface area contributed by atoms with Crippen LogP contribution in [0.4, 0.5) is 0 Å². The predicted octanol–water partition coefficient (Wildman–Crippen LogP) is 3.75. The Balaban J connectivity index is 2.07. The quantitative estimate of drug-likeness (QED) is 0.653. The van der Waals surface area contributed by atoms with E-state index in [0.717, 1.165) is 19.1 Å². The van der Waals surface area contributed by atoms with Crippen molar-refractivity contribution < 1.29 is 4.74 Å². The van der Waals surface area contributed by atoms with E-state index in [-0.39, 0.29) is 0 Å². The largest absolute Gasteiger partial charge is 0.378 e. The summed E-state index contributed by atoms with van der Waals surface area (Å²) in [5.41, 5.74) is 0. The Morgan fingerprint density at radius 1 is 1.29 bits per heavy atom. The minimum Gasteiger partial charge on any atom is -0.378 e. The van der Waals surface area contributed by atoms with Gasteiger partial charge in [0.25, 0.3) is 0 Å². The van der Waals surface area contributed by atoms with E-state index in [2.05, 4.69) is 26.1 Å². The van der Waals surface area contributed by atoms with Crippen LogP contribution in [0.5, 0.6) is 0 Å². The van der Waals surface area contributed by atoms with Crippen LogP contribution in [0.2, 0.25) is 0 Å². The van der Waals surface area contributed by atoms with Crippen LogP contribution in [-0.2, 0) is 4.74 Å². The second-order valence-electron chi connectivity index (χ2n) is 5.85. The third-order valence-corrected chi connectivity index (χ3v) is 3.59. The van der Waals surface area contributed by atoms with Crippen molar-refractivity contribution in [3.05, 3.63) is 0 Å². The molecule has 2 atom stereocenters. The number of hydrogen-bond donors (Lipinski definition) is 1. The minimum absolute atomic E-state index is 0.519. The molecule has 1 aliphatic carbocycles. The summed E-state index contributed by atoms with van der Waals surface area (Å²) in [5.74, 6) is 0.809. The third kappa shape index (κ3) is 7.05. The van der Waals surface area contributed by atoms with E-state index in [1.165, 1.54) is 44.9 Å². The lowest BCUT2D eigenvalue weighted by molar-refractivity contribution is 0.0168. The predicted molar refractivity (Wildman–Crippen MR) is 74.4 cm³/mol. The van der Waals surface area contributed by atoms with Gasteiger partial charge in [0, 0.05) is 12.6 Å². The molecule has 1 rings (SSSR count). The lowest BCUT2D eigenvalue weighted by Crippen LogP contribution is -2.37. The number of rotatable bonds is 8. The van der Waals surface area contributed by atoms with E-state index in [0.29, 0.717) is 12.1 Å². The summed E-state index contributed by atoms with van der Waals surface area (Å²) in [6, 6.07) is 0.707. The van der Waals surface area contributed by atoms with Crippen molar-refractivity contribution in [2.24, 2.45) is 5.92 Å². The van der Waals surface area contributed by atoms with Gasteiger partial charge in [0.1, 0.15) is 0 Å². The van der Waals surface area contributed by atoms with E-state index in [1.54, 1.807) is 0 Å². The van der Waals surface area contributed by atoms with E-state index in [9.17, 15) is 0 Å². The maximum absolute atomic E-state index is 6.00. The summed E-state index contributed by atoms with van der Waals surface area (Å²) >= 11 is 0. The van der Waals surface area contributed by atoms with Crippen molar-refractivity contribution >= 4 is 0 Å². The maximum atomic E-state index is 6.00. The van der Waals surface area contributed by atoms with Crippen LogP contribution < -0.4 is 5.32 Å². The highest BCUT2D eigenvalue weighted by atomic mass is 16.5. The molecular formula is C15H31NO. The van der Waals surface area contributed by atoms with Gasteiger partial charge >= 0.3 is 0 Å². The second-order valence-corrected chi connectivity index (χ2v) is 5.85. The van der Waals surface area contributed by atoms with Gasteiger partial charge < -0.3 is 10.1 Å². The van der Waals surface area contributed by atoms with Gasteiger partial charge in [-0.3, -0.25) is 0 Å². The molecule has 2 unspecified atom stereocenters. The van der Waals surface area contributed by atoms with Crippen LogP contribution in [-0.4, -0.2) is 25.3 Å². The molecule has 1 aliphatic rings. The number of nitrogens with one attached hydrogen (secondary N) is 1. The highest BCUT2D eigenvalue weighted by Gasteiger charge is 2.21. The second kappa shape index (κ2) is 8.93. The molecule has 1 saturated carbocycles. The first-order chi connectivity index (χ1) is 8.22. The molecule has 1 N–H and O–H groups in total. The molecule has 0 aromatic rings. The van der Waals surface area contributed by atoms with E-state index in [1.807, 2.05) is 0 Å². The Hall–Kier alpha value is -0.0800. The van der Waals surface area contributed by atoms with E-state index < -0.39 is 0 Å². The van der Waals surface area contributed by atoms with Gasteiger partial charge in [-0.15, -0.1) is 0 Å². The molecule has 2 heteroatoms. The van der Waals surface area contributed by atoms with Crippen molar-refractivity contribution in [1.29, 1.82) is 0 Å². The maximum Gasteiger partial charge on any atom is 0.0590 e. The van der Waals surface area contributed by atoms with Gasteiger partial charge in [0.2, 0.25) is 0 Å². The number of ether oxygens (including phenoxy) is 1. The van der Waals surface area contributed by atoms with Gasteiger partial charge in [-0.25, -0.2) is 0 Å². The molecule has 0 aromatic carbocycles. The summed E-state index contributed by atoms with van der Waals surface area (Å²) < 4.78 is 6.00. The molecule has 0 aromatic heterocycles. The molecule has 0 radical (unpaired) electrons. The smallest absolute Gasteiger partial charge is 0.0590 e. The van der Waals surface area contributed by atoms with Crippen LogP contribution in [0.25, 0.3) is 0 Å². The molecule has 2 nitrogen and oxygen atoms in total. The lowest BCUT2D eigenvalue weighted by atomic mass is 9.92. The highest BCUT2D eigenvalue weighted by Crippen LogP contribution is 2.21. The fourth-order valence-electron chi connectivity index (χ4n) is 2.57. The Labute approximate surface area is 108 Å². The molecule has 0 amide bonds. The van der Waals surface area contributed by atoms with Crippen molar-refractivity contribution in [3.63, 3.8) is 0 Å². The van der Waals surface area contributed by atoms with Gasteiger partial charge in [-0.05, 0) is 57.4 Å². The van der Waals surface area contributed by atoms with Crippen molar-refractivity contribution in [3.8, 4) is 0 Å². The molecule has 0 aliphatic heterocycles. The van der Waals surface area contributed by atoms with Crippen LogP contribution in [0.3, 0.4) is 0 Å². The van der Waals surface area contributed by atoms with Crippen LogP contribution in [0, 0.1) is 5.92 Å². The molecule has 0 spiro atoms. The lowest BCUT2D eigenvalue weighted by Gasteiger charge is -2.30. The zero-order chi connectivity index (χ0) is 12.5. The van der Waals surface area contributed by atoms with Crippen molar-refractivity contribution in [2.45, 2.75) is 77.9 Å². The average molecular weight is 241 g/mol. The Kier molecular flexibility index (Phi) is 7.87. The minimum atomic E-state index is 0.519. The Morgan fingerprint density at radius 3 is 2.82 bits per heavy atom. The summed E-state index contributed by atoms with van der Waals surface area (Å²) in [6.07, 6.45) is 9.43. The van der Waals surface area contributed by atoms with Gasteiger partial charge in [0.15, 0.2) is 0 Å². The molecule has 0 heterocycles. The van der Waals surface area contributed by atoms with Gasteiger partial charge in [0.05, 0.1) is 6.10 Å². The zero-order valence-electron chi connectivity index (χ0n) is 12.0. The average Bonchev–Trinajstić information content (AvgIpc) is 2.32. The number of hydrogen-bond acceptors (Lipinski definition) is 2. The first-order valence-electron chi connectivity index (χ1n) is 7.57. The Bertz CT molecular complexity index is 182. The topological polar surface area (TPSA) is 21.3 Å². The standard InChI is InChI=1S/C15H31NO/c1-4-10-16-14-8-5-9-15(12-14)17-11-6-7-13(2)3/h13-16H,4-12H2,1-3H3. The summed E-state index contributed by atoms with van der Waals surface area (Å²) in [7, 11) is 0. The fraction of sp³-hybridized carbons (Fsp3) is 1.00. The summed E-state index contributed by atoms with van der Waals surface area (Å²) in [5, 5.41) is 3.63. The van der Waals surface area contributed by atoms with Gasteiger partial charge in [-0.1, -0.05) is 20.8 Å². The first kappa shape index (κ1) is 15.0. The molecule has 102 valence electrons. The van der Waals surface area contributed by atoms with E-state index >= 15 is 0 Å². The molecule has 1 fully saturated rings. The van der Waals surface area contributed by atoms with E-state index in [4.69, 9.17) is 4.74 Å². The highest BCUT2D eigenvalue weighted by molar-refractivity contribution is 4.78. The van der Waals surface area contributed by atoms with Crippen LogP contribution >= 0.6 is 0 Å². The first-order valence-corrected chi connectivity index (χ1v) is 7.57. The van der Waals surface area contributed by atoms with Crippen molar-refractivity contribution in [2.75, 3.05) is 13.2 Å². The normalized spacial score (nSPS) is 25.4. The van der Waals surface area contributed by atoms with Crippen LogP contribution in [0.15, 0.2) is 0 Å². The van der Waals surface area contributed by atoms with Crippen LogP contribution in [0.1, 0.15) is 65.7 Å². The third-order valence-electron chi connectivity index (χ3n) is 3.59. The zero-order valence-corrected chi connectivity index (χ0v) is 12.0. The Morgan fingerprint density at radius 2 is 2.12 bits per heavy atom. The molecule has 0 bridgehead atoms. The molecule has 17 heavy (non-hydrogen) atoms. The molecule has 0 saturated heterocycles. The van der Waals surface area contributed by atoms with Gasteiger partial charge in [-0.2, -0.15) is 0 Å². The summed E-state index contributed by atoms with van der Waals surface area (Å²) in [4.78, 5) is 0. The van der Waals surface area contributed by atoms with Crippen molar-refractivity contribution in [1.82, 2.24) is 5.32 Å². The summed E-state index contributed by atoms with van der Waals surface area (Å²) in [6.45, 7) is 8.92. The fourth-order valence-corrected chi connectivity index (χ4v) is 2.57. The monoisotopic (exact) mass is 241 g/mol. The molecular weight excluding hydrogens is 210 g/mol. The SMILES string of the molecule is CCCNC1CCCC(OCCCC(C)C)C1.